The van der Waals surface area contributed by atoms with E-state index >= 15 is 0 Å². The van der Waals surface area contributed by atoms with Crippen LogP contribution >= 0.6 is 0 Å². The van der Waals surface area contributed by atoms with Crippen LogP contribution in [0.4, 0.5) is 9.59 Å². The van der Waals surface area contributed by atoms with Gasteiger partial charge in [-0.2, -0.15) is 0 Å². The highest BCUT2D eigenvalue weighted by atomic mass is 16.6. The van der Waals surface area contributed by atoms with Gasteiger partial charge in [-0.05, 0) is 31.9 Å². The summed E-state index contributed by atoms with van der Waals surface area (Å²) in [4.78, 5) is 40.4. The fourth-order valence-electron chi connectivity index (χ4n) is 3.98. The summed E-state index contributed by atoms with van der Waals surface area (Å²) in [6.45, 7) is 11.0. The van der Waals surface area contributed by atoms with Gasteiger partial charge in [-0.25, -0.2) is 14.4 Å². The molecule has 0 radical (unpaired) electrons. The predicted octanol–water partition coefficient (Wildman–Crippen LogP) is 5.58. The van der Waals surface area contributed by atoms with Crippen molar-refractivity contribution in [3.63, 3.8) is 0 Å². The number of carbonyl (C=O) groups excluding carboxylic acids is 3. The molecule has 1 N–H and O–H groups in total. The van der Waals surface area contributed by atoms with Crippen molar-refractivity contribution in [1.82, 2.24) is 10.2 Å². The zero-order valence-corrected chi connectivity index (χ0v) is 21.8. The number of benzene rings is 2. The number of cyclic esters (lactones) is 1. The molecule has 3 rings (SSSR count). The number of ether oxygens (including phenoxy) is 3. The van der Waals surface area contributed by atoms with Gasteiger partial charge in [-0.15, -0.1) is 0 Å². The van der Waals surface area contributed by atoms with Gasteiger partial charge in [0.2, 0.25) is 0 Å². The Labute approximate surface area is 212 Å². The summed E-state index contributed by atoms with van der Waals surface area (Å²) in [5.41, 5.74) is 0.349. The van der Waals surface area contributed by atoms with Gasteiger partial charge < -0.3 is 19.5 Å². The lowest BCUT2D eigenvalue weighted by molar-refractivity contribution is -0.147. The van der Waals surface area contributed by atoms with Crippen LogP contribution in [0.2, 0.25) is 0 Å². The normalized spacial score (nSPS) is 18.8. The van der Waals surface area contributed by atoms with Gasteiger partial charge in [0.15, 0.2) is 6.23 Å². The Morgan fingerprint density at radius 3 is 2.11 bits per heavy atom. The second-order valence-corrected chi connectivity index (χ2v) is 11.0. The average molecular weight is 497 g/mol. The molecule has 2 aromatic carbocycles. The van der Waals surface area contributed by atoms with Crippen LogP contribution in [0.25, 0.3) is 0 Å². The number of rotatable bonds is 6. The smallest absolute Gasteiger partial charge is 0.413 e. The first-order valence-electron chi connectivity index (χ1n) is 12.1. The Bertz CT molecular complexity index is 1040. The molecule has 194 valence electrons. The molecule has 1 fully saturated rings. The van der Waals surface area contributed by atoms with Gasteiger partial charge in [-0.3, -0.25) is 4.90 Å². The van der Waals surface area contributed by atoms with Gasteiger partial charge >= 0.3 is 18.2 Å². The molecule has 0 bridgehead atoms. The summed E-state index contributed by atoms with van der Waals surface area (Å²) in [7, 11) is 0. The van der Waals surface area contributed by atoms with Crippen LogP contribution in [0.1, 0.15) is 65.1 Å². The first kappa shape index (κ1) is 27.0. The number of amides is 2. The highest BCUT2D eigenvalue weighted by Crippen LogP contribution is 2.36. The van der Waals surface area contributed by atoms with Gasteiger partial charge in [0.25, 0.3) is 0 Å². The fraction of sp³-hybridized carbons (Fsp3) is 0.464. The first-order valence-corrected chi connectivity index (χ1v) is 12.1. The Morgan fingerprint density at radius 1 is 0.972 bits per heavy atom. The van der Waals surface area contributed by atoms with Crippen LogP contribution in [0.5, 0.6) is 0 Å². The van der Waals surface area contributed by atoms with Crippen LogP contribution in [-0.4, -0.2) is 40.9 Å². The number of hydrogen-bond acceptors (Lipinski definition) is 6. The van der Waals surface area contributed by atoms with Crippen LogP contribution in [0.3, 0.4) is 0 Å². The van der Waals surface area contributed by atoms with E-state index in [1.54, 1.807) is 20.8 Å². The van der Waals surface area contributed by atoms with E-state index in [4.69, 9.17) is 14.2 Å². The maximum atomic E-state index is 13.3. The van der Waals surface area contributed by atoms with Crippen molar-refractivity contribution in [2.75, 3.05) is 0 Å². The number of hydrogen-bond donors (Lipinski definition) is 1. The summed E-state index contributed by atoms with van der Waals surface area (Å²) in [5.74, 6) is -0.543. The summed E-state index contributed by atoms with van der Waals surface area (Å²) in [6, 6.07) is 17.0. The number of alkyl carbamates (subject to hydrolysis) is 1. The molecular formula is C28H36N2O6. The lowest BCUT2D eigenvalue weighted by atomic mass is 9.92. The fourth-order valence-corrected chi connectivity index (χ4v) is 3.98. The number of esters is 1. The number of nitrogens with one attached hydrogen (secondary N) is 1. The van der Waals surface area contributed by atoms with E-state index < -0.39 is 47.5 Å². The maximum absolute atomic E-state index is 13.3. The second kappa shape index (κ2) is 11.0. The van der Waals surface area contributed by atoms with Gasteiger partial charge in [0.05, 0.1) is 6.04 Å². The average Bonchev–Trinajstić information content (AvgIpc) is 3.13. The van der Waals surface area contributed by atoms with E-state index in [2.05, 4.69) is 5.32 Å². The molecule has 36 heavy (non-hydrogen) atoms. The van der Waals surface area contributed by atoms with E-state index in [0.717, 1.165) is 11.1 Å². The molecule has 0 saturated carbocycles. The summed E-state index contributed by atoms with van der Waals surface area (Å²) in [6.07, 6.45) is -2.00. The third kappa shape index (κ3) is 7.23. The first-order chi connectivity index (χ1) is 16.8. The molecule has 0 unspecified atom stereocenters. The quantitative estimate of drug-likeness (QED) is 0.415. The van der Waals surface area contributed by atoms with E-state index in [1.807, 2.05) is 81.4 Å². The lowest BCUT2D eigenvalue weighted by Crippen LogP contribution is -2.49. The topological polar surface area (TPSA) is 94.2 Å². The van der Waals surface area contributed by atoms with E-state index in [1.165, 1.54) is 4.90 Å². The minimum atomic E-state index is -0.961. The Hall–Kier alpha value is -3.55. The molecule has 0 spiro atoms. The van der Waals surface area contributed by atoms with Gasteiger partial charge in [-0.1, -0.05) is 81.4 Å². The third-order valence-corrected chi connectivity index (χ3v) is 5.60. The minimum absolute atomic E-state index is 0.0617. The minimum Gasteiger partial charge on any atom is -0.444 e. The van der Waals surface area contributed by atoms with Crippen LogP contribution in [0.15, 0.2) is 60.7 Å². The van der Waals surface area contributed by atoms with Crippen molar-refractivity contribution < 1.29 is 28.6 Å². The lowest BCUT2D eigenvalue weighted by Gasteiger charge is -2.34. The van der Waals surface area contributed by atoms with Crippen LogP contribution < -0.4 is 5.32 Å². The highest BCUT2D eigenvalue weighted by molar-refractivity contribution is 5.85. The highest BCUT2D eigenvalue weighted by Gasteiger charge is 2.51. The molecule has 8 nitrogen and oxygen atoms in total. The zero-order valence-electron chi connectivity index (χ0n) is 21.8. The summed E-state index contributed by atoms with van der Waals surface area (Å²) >= 11 is 0. The van der Waals surface area contributed by atoms with E-state index in [9.17, 15) is 14.4 Å². The van der Waals surface area contributed by atoms with Crippen molar-refractivity contribution >= 4 is 18.2 Å². The molecule has 1 heterocycles. The van der Waals surface area contributed by atoms with Gasteiger partial charge in [0, 0.05) is 11.8 Å². The molecule has 2 amide bonds. The molecule has 1 aliphatic rings. The predicted molar refractivity (Wildman–Crippen MR) is 135 cm³/mol. The number of nitrogens with zero attached hydrogens (tertiary/aromatic N) is 1. The molecule has 0 aliphatic carbocycles. The molecule has 2 aromatic rings. The monoisotopic (exact) mass is 496 g/mol. The zero-order chi connectivity index (χ0) is 26.5. The molecule has 0 aromatic heterocycles. The standard InChI is InChI=1S/C28H36N2O6/c1-27(2,3)24-30(26(33)34-18-19-13-9-7-10-14-19)22(23(31)35-24)17-21(20-15-11-8-12-16-20)29-25(32)36-28(4,5)6/h7-16,21-22,24H,17-18H2,1-6H3,(H,29,32)/t21-,22-,24-/m0/s1. The van der Waals surface area contributed by atoms with E-state index in [0.29, 0.717) is 0 Å². The molecule has 1 saturated heterocycles. The molecule has 3 atom stereocenters. The van der Waals surface area contributed by atoms with Crippen molar-refractivity contribution in [3.05, 3.63) is 71.8 Å². The third-order valence-electron chi connectivity index (χ3n) is 5.60. The molecular weight excluding hydrogens is 460 g/mol. The molecule has 8 heteroatoms. The van der Waals surface area contributed by atoms with Gasteiger partial charge in [0.1, 0.15) is 18.2 Å². The Morgan fingerprint density at radius 2 is 1.56 bits per heavy atom. The largest absolute Gasteiger partial charge is 0.444 e. The Balaban J connectivity index is 1.86. The number of carbonyl (C=O) groups is 3. The van der Waals surface area contributed by atoms with E-state index in [-0.39, 0.29) is 13.0 Å². The van der Waals surface area contributed by atoms with Crippen LogP contribution in [0, 0.1) is 5.41 Å². The maximum Gasteiger partial charge on any atom is 0.413 e. The second-order valence-electron chi connectivity index (χ2n) is 11.0. The SMILES string of the molecule is CC(C)(C)OC(=O)N[C@@H](C[C@H]1C(=O)O[C@@H](C(C)(C)C)N1C(=O)OCc1ccccc1)c1ccccc1. The molecule has 1 aliphatic heterocycles. The van der Waals surface area contributed by atoms with Crippen molar-refractivity contribution in [2.45, 2.75) is 78.5 Å². The summed E-state index contributed by atoms with van der Waals surface area (Å²) < 4.78 is 16.7. The van der Waals surface area contributed by atoms with Crippen molar-refractivity contribution in [1.29, 1.82) is 0 Å². The van der Waals surface area contributed by atoms with Crippen LogP contribution in [-0.2, 0) is 25.6 Å². The van der Waals surface area contributed by atoms with Crippen molar-refractivity contribution in [2.24, 2.45) is 5.41 Å². The van der Waals surface area contributed by atoms with Crippen molar-refractivity contribution in [3.8, 4) is 0 Å². The summed E-state index contributed by atoms with van der Waals surface area (Å²) in [5, 5.41) is 2.86. The Kier molecular flexibility index (Phi) is 8.28.